The fourth-order valence-corrected chi connectivity index (χ4v) is 2.88. The maximum absolute atomic E-state index is 12.4. The molecule has 0 unspecified atom stereocenters. The van der Waals surface area contributed by atoms with Crippen LogP contribution in [0.2, 0.25) is 0 Å². The highest BCUT2D eigenvalue weighted by Crippen LogP contribution is 2.17. The van der Waals surface area contributed by atoms with Crippen LogP contribution in [0, 0.1) is 17.4 Å². The van der Waals surface area contributed by atoms with Crippen molar-refractivity contribution in [3.05, 3.63) is 86.7 Å². The van der Waals surface area contributed by atoms with E-state index < -0.39 is 0 Å². The van der Waals surface area contributed by atoms with E-state index in [2.05, 4.69) is 33.0 Å². The van der Waals surface area contributed by atoms with E-state index in [1.807, 2.05) is 68.6 Å². The highest BCUT2D eigenvalue weighted by atomic mass is 127. The Kier molecular flexibility index (Phi) is 5.33. The second-order valence-electron chi connectivity index (χ2n) is 5.70. The Balaban J connectivity index is 1.81. The second-order valence-corrected chi connectivity index (χ2v) is 6.95. The fraction of sp³-hybridized carbons (Fsp3) is 0.100. The Morgan fingerprint density at radius 1 is 1.08 bits per heavy atom. The van der Waals surface area contributed by atoms with Crippen LogP contribution in [0.3, 0.4) is 0 Å². The molecule has 1 aromatic heterocycles. The van der Waals surface area contributed by atoms with E-state index >= 15 is 0 Å². The van der Waals surface area contributed by atoms with Crippen LogP contribution in [0.4, 0.5) is 5.69 Å². The molecular weight excluding hydrogens is 425 g/mol. The highest BCUT2D eigenvalue weighted by molar-refractivity contribution is 14.1. The normalized spacial score (nSPS) is 11.0. The fourth-order valence-electron chi connectivity index (χ4n) is 2.52. The van der Waals surface area contributed by atoms with Gasteiger partial charge in [0, 0.05) is 32.3 Å². The second kappa shape index (κ2) is 7.65. The van der Waals surface area contributed by atoms with E-state index in [4.69, 9.17) is 0 Å². The summed E-state index contributed by atoms with van der Waals surface area (Å²) in [5.41, 5.74) is 7.33. The maximum atomic E-state index is 12.4. The first-order valence-electron chi connectivity index (χ1n) is 7.89. The minimum absolute atomic E-state index is 0.136. The molecule has 0 aliphatic carbocycles. The van der Waals surface area contributed by atoms with Crippen LogP contribution >= 0.6 is 22.6 Å². The molecule has 0 saturated carbocycles. The van der Waals surface area contributed by atoms with Gasteiger partial charge in [-0.25, -0.2) is 0 Å². The monoisotopic (exact) mass is 443 g/mol. The van der Waals surface area contributed by atoms with Crippen molar-refractivity contribution in [2.75, 3.05) is 5.43 Å². The Bertz CT molecular complexity index is 912. The predicted octanol–water partition coefficient (Wildman–Crippen LogP) is 4.84. The number of rotatable bonds is 4. The van der Waals surface area contributed by atoms with Gasteiger partial charge < -0.3 is 0 Å². The number of hydrogen-bond donors (Lipinski definition) is 1. The molecule has 4 nitrogen and oxygen atoms in total. The van der Waals surface area contributed by atoms with Gasteiger partial charge in [-0.05, 0) is 78.9 Å². The standard InChI is InChI=1S/C20H18IN3O/c1-14-12-17(13-22-19-10-8-18(21)9-11-19)15(2)24(14)23-20(25)16-6-4-3-5-7-16/h3-13H,1-2H3,(H,23,25). The lowest BCUT2D eigenvalue weighted by Crippen LogP contribution is -2.24. The van der Waals surface area contributed by atoms with Gasteiger partial charge in [-0.1, -0.05) is 18.2 Å². The van der Waals surface area contributed by atoms with Crippen LogP contribution in [0.25, 0.3) is 0 Å². The summed E-state index contributed by atoms with van der Waals surface area (Å²) in [5, 5.41) is 0. The van der Waals surface area contributed by atoms with Crippen LogP contribution in [0.1, 0.15) is 27.3 Å². The smallest absolute Gasteiger partial charge is 0.267 e. The molecule has 0 bridgehead atoms. The lowest BCUT2D eigenvalue weighted by atomic mass is 10.2. The quantitative estimate of drug-likeness (QED) is 0.455. The minimum Gasteiger partial charge on any atom is -0.267 e. The zero-order valence-corrected chi connectivity index (χ0v) is 16.2. The molecule has 126 valence electrons. The molecule has 0 spiro atoms. The van der Waals surface area contributed by atoms with E-state index in [1.165, 1.54) is 3.57 Å². The summed E-state index contributed by atoms with van der Waals surface area (Å²) in [6.07, 6.45) is 1.83. The van der Waals surface area contributed by atoms with Gasteiger partial charge in [0.15, 0.2) is 0 Å². The van der Waals surface area contributed by atoms with E-state index in [1.54, 1.807) is 16.8 Å². The first-order valence-corrected chi connectivity index (χ1v) is 8.97. The largest absolute Gasteiger partial charge is 0.270 e. The molecular formula is C20H18IN3O. The third kappa shape index (κ3) is 4.17. The summed E-state index contributed by atoms with van der Waals surface area (Å²) in [4.78, 5) is 16.9. The van der Waals surface area contributed by atoms with E-state index in [0.717, 1.165) is 22.6 Å². The lowest BCUT2D eigenvalue weighted by molar-refractivity contribution is 0.101. The third-order valence-electron chi connectivity index (χ3n) is 3.90. The molecule has 0 saturated heterocycles. The summed E-state index contributed by atoms with van der Waals surface area (Å²) in [5.74, 6) is -0.136. The molecule has 1 amide bonds. The van der Waals surface area contributed by atoms with Gasteiger partial charge in [-0.15, -0.1) is 0 Å². The topological polar surface area (TPSA) is 46.4 Å². The van der Waals surface area contributed by atoms with Crippen LogP contribution in [-0.4, -0.2) is 16.8 Å². The molecule has 25 heavy (non-hydrogen) atoms. The molecule has 0 radical (unpaired) electrons. The summed E-state index contributed by atoms with van der Waals surface area (Å²) in [7, 11) is 0. The number of hydrogen-bond acceptors (Lipinski definition) is 2. The van der Waals surface area contributed by atoms with Crippen molar-refractivity contribution in [2.24, 2.45) is 4.99 Å². The molecule has 0 fully saturated rings. The molecule has 1 N–H and O–H groups in total. The van der Waals surface area contributed by atoms with Crippen molar-refractivity contribution in [3.8, 4) is 0 Å². The van der Waals surface area contributed by atoms with Crippen molar-refractivity contribution in [1.82, 2.24) is 4.68 Å². The first kappa shape index (κ1) is 17.4. The molecule has 1 heterocycles. The average Bonchev–Trinajstić information content (AvgIpc) is 2.89. The van der Waals surface area contributed by atoms with Crippen LogP contribution in [-0.2, 0) is 0 Å². The van der Waals surface area contributed by atoms with Crippen molar-refractivity contribution in [2.45, 2.75) is 13.8 Å². The van der Waals surface area contributed by atoms with Gasteiger partial charge in [-0.2, -0.15) is 0 Å². The van der Waals surface area contributed by atoms with E-state index in [9.17, 15) is 4.79 Å². The predicted molar refractivity (Wildman–Crippen MR) is 110 cm³/mol. The maximum Gasteiger partial charge on any atom is 0.270 e. The zero-order chi connectivity index (χ0) is 17.8. The first-order chi connectivity index (χ1) is 12.0. The van der Waals surface area contributed by atoms with E-state index in [0.29, 0.717) is 5.56 Å². The van der Waals surface area contributed by atoms with Gasteiger partial charge in [0.25, 0.3) is 5.91 Å². The van der Waals surface area contributed by atoms with Gasteiger partial charge in [0.1, 0.15) is 0 Å². The highest BCUT2D eigenvalue weighted by Gasteiger charge is 2.11. The molecule has 2 aromatic carbocycles. The average molecular weight is 443 g/mol. The Morgan fingerprint density at radius 2 is 1.76 bits per heavy atom. The lowest BCUT2D eigenvalue weighted by Gasteiger charge is -2.11. The Hall–Kier alpha value is -2.41. The van der Waals surface area contributed by atoms with Crippen LogP contribution in [0.5, 0.6) is 0 Å². The number of nitrogens with one attached hydrogen (secondary N) is 1. The number of carbonyl (C=O) groups is 1. The van der Waals surface area contributed by atoms with Crippen molar-refractivity contribution < 1.29 is 4.79 Å². The molecule has 3 aromatic rings. The molecule has 5 heteroatoms. The van der Waals surface area contributed by atoms with Gasteiger partial charge in [0.2, 0.25) is 0 Å². The minimum atomic E-state index is -0.136. The Labute approximate surface area is 160 Å². The summed E-state index contributed by atoms with van der Waals surface area (Å²) in [6.45, 7) is 3.92. The van der Waals surface area contributed by atoms with Gasteiger partial charge in [-0.3, -0.25) is 19.9 Å². The summed E-state index contributed by atoms with van der Waals surface area (Å²) in [6, 6.07) is 19.2. The van der Waals surface area contributed by atoms with Gasteiger partial charge >= 0.3 is 0 Å². The van der Waals surface area contributed by atoms with Crippen molar-refractivity contribution >= 4 is 40.4 Å². The van der Waals surface area contributed by atoms with Gasteiger partial charge in [0.05, 0.1) is 5.69 Å². The number of carbonyl (C=O) groups excluding carboxylic acids is 1. The number of aryl methyl sites for hydroxylation is 1. The van der Waals surface area contributed by atoms with Crippen molar-refractivity contribution in [1.29, 1.82) is 0 Å². The molecule has 0 atom stereocenters. The molecule has 0 aliphatic rings. The molecule has 3 rings (SSSR count). The number of nitrogens with zero attached hydrogens (tertiary/aromatic N) is 2. The Morgan fingerprint density at radius 3 is 2.44 bits per heavy atom. The number of benzene rings is 2. The number of halogens is 1. The number of aromatic nitrogens is 1. The van der Waals surface area contributed by atoms with Crippen molar-refractivity contribution in [3.63, 3.8) is 0 Å². The summed E-state index contributed by atoms with van der Waals surface area (Å²) < 4.78 is 2.98. The van der Waals surface area contributed by atoms with E-state index in [-0.39, 0.29) is 5.91 Å². The zero-order valence-electron chi connectivity index (χ0n) is 14.0. The summed E-state index contributed by atoms with van der Waals surface area (Å²) >= 11 is 2.27. The number of amides is 1. The third-order valence-corrected chi connectivity index (χ3v) is 4.62. The van der Waals surface area contributed by atoms with Crippen LogP contribution in [0.15, 0.2) is 65.7 Å². The number of aliphatic imine (C=N–C) groups is 1. The molecule has 0 aliphatic heterocycles. The van der Waals surface area contributed by atoms with Crippen LogP contribution < -0.4 is 5.43 Å². The SMILES string of the molecule is Cc1cc(C=Nc2ccc(I)cc2)c(C)n1NC(=O)c1ccccc1.